The zero-order valence-corrected chi connectivity index (χ0v) is 11.4. The Morgan fingerprint density at radius 3 is 2.88 bits per heavy atom. The van der Waals surface area contributed by atoms with E-state index < -0.39 is 0 Å². The standard InChI is InChI=1S/C12H18BrN3O/c13-10-8-16(15-11(10)14)7-9-3-6-12(17-9)4-1-2-5-12/h8-9H,1-7H2,(H2,14,15). The third-order valence-electron chi connectivity index (χ3n) is 3.99. The third kappa shape index (κ3) is 2.22. The van der Waals surface area contributed by atoms with E-state index in [0.717, 1.165) is 17.4 Å². The van der Waals surface area contributed by atoms with Crippen molar-refractivity contribution in [2.45, 2.75) is 56.8 Å². The monoisotopic (exact) mass is 299 g/mol. The Morgan fingerprint density at radius 1 is 1.47 bits per heavy atom. The fourth-order valence-corrected chi connectivity index (χ4v) is 3.44. The first-order valence-corrected chi connectivity index (χ1v) is 7.12. The summed E-state index contributed by atoms with van der Waals surface area (Å²) in [6.45, 7) is 0.817. The predicted octanol–water partition coefficient (Wildman–Crippen LogP) is 2.72. The largest absolute Gasteiger partial charge is 0.381 e. The molecular formula is C12H18BrN3O. The lowest BCUT2D eigenvalue weighted by molar-refractivity contribution is -0.0428. The molecule has 17 heavy (non-hydrogen) atoms. The average Bonchev–Trinajstić information content (AvgIpc) is 2.96. The Labute approximate surface area is 110 Å². The summed E-state index contributed by atoms with van der Waals surface area (Å²) >= 11 is 3.38. The van der Waals surface area contributed by atoms with Crippen molar-refractivity contribution in [1.29, 1.82) is 0 Å². The Morgan fingerprint density at radius 2 is 2.24 bits per heavy atom. The van der Waals surface area contributed by atoms with Gasteiger partial charge in [-0.2, -0.15) is 5.10 Å². The van der Waals surface area contributed by atoms with Gasteiger partial charge in [0.25, 0.3) is 0 Å². The van der Waals surface area contributed by atoms with E-state index in [2.05, 4.69) is 21.0 Å². The molecule has 0 aromatic carbocycles. The van der Waals surface area contributed by atoms with Crippen molar-refractivity contribution in [2.75, 3.05) is 5.73 Å². The van der Waals surface area contributed by atoms with Crippen LogP contribution in [0, 0.1) is 0 Å². The van der Waals surface area contributed by atoms with Crippen LogP contribution in [-0.2, 0) is 11.3 Å². The molecule has 1 saturated heterocycles. The van der Waals surface area contributed by atoms with Crippen LogP contribution in [0.1, 0.15) is 38.5 Å². The normalized spacial score (nSPS) is 27.0. The lowest BCUT2D eigenvalue weighted by Crippen LogP contribution is -2.26. The van der Waals surface area contributed by atoms with Crippen LogP contribution in [0.25, 0.3) is 0 Å². The smallest absolute Gasteiger partial charge is 0.159 e. The van der Waals surface area contributed by atoms with Gasteiger partial charge in [0.05, 0.1) is 22.7 Å². The zero-order chi connectivity index (χ0) is 11.9. The quantitative estimate of drug-likeness (QED) is 0.913. The molecular weight excluding hydrogens is 282 g/mol. The number of nitrogen functional groups attached to an aromatic ring is 1. The SMILES string of the molecule is Nc1nn(CC2CCC3(CCCC3)O2)cc1Br. The minimum Gasteiger partial charge on any atom is -0.381 e. The first kappa shape index (κ1) is 11.5. The van der Waals surface area contributed by atoms with Crippen LogP contribution >= 0.6 is 15.9 Å². The number of aromatic nitrogens is 2. The molecule has 5 heteroatoms. The van der Waals surface area contributed by atoms with E-state index in [0.29, 0.717) is 11.9 Å². The van der Waals surface area contributed by atoms with E-state index in [-0.39, 0.29) is 5.60 Å². The highest BCUT2D eigenvalue weighted by Crippen LogP contribution is 2.43. The summed E-state index contributed by atoms with van der Waals surface area (Å²) in [4.78, 5) is 0. The van der Waals surface area contributed by atoms with Crippen molar-refractivity contribution in [1.82, 2.24) is 9.78 Å². The van der Waals surface area contributed by atoms with Crippen molar-refractivity contribution in [3.63, 3.8) is 0 Å². The maximum Gasteiger partial charge on any atom is 0.159 e. The molecule has 2 N–H and O–H groups in total. The van der Waals surface area contributed by atoms with Crippen LogP contribution in [0.15, 0.2) is 10.7 Å². The molecule has 1 aromatic rings. The Balaban J connectivity index is 1.63. The lowest BCUT2D eigenvalue weighted by Gasteiger charge is -2.23. The molecule has 1 aliphatic carbocycles. The van der Waals surface area contributed by atoms with Gasteiger partial charge in [0.2, 0.25) is 0 Å². The molecule has 94 valence electrons. The van der Waals surface area contributed by atoms with Crippen molar-refractivity contribution in [2.24, 2.45) is 0 Å². The minimum absolute atomic E-state index is 0.209. The molecule has 2 fully saturated rings. The van der Waals surface area contributed by atoms with Crippen LogP contribution in [0.5, 0.6) is 0 Å². The zero-order valence-electron chi connectivity index (χ0n) is 9.86. The summed E-state index contributed by atoms with van der Waals surface area (Å²) in [5.74, 6) is 0.554. The number of halogens is 1. The number of nitrogens with two attached hydrogens (primary N) is 1. The summed E-state index contributed by atoms with van der Waals surface area (Å²) in [6, 6.07) is 0. The maximum atomic E-state index is 6.25. The van der Waals surface area contributed by atoms with E-state index in [9.17, 15) is 0 Å². The summed E-state index contributed by atoms with van der Waals surface area (Å²) in [5.41, 5.74) is 5.92. The second kappa shape index (κ2) is 4.28. The van der Waals surface area contributed by atoms with E-state index in [4.69, 9.17) is 10.5 Å². The van der Waals surface area contributed by atoms with Crippen LogP contribution in [-0.4, -0.2) is 21.5 Å². The van der Waals surface area contributed by atoms with Gasteiger partial charge in [-0.15, -0.1) is 0 Å². The van der Waals surface area contributed by atoms with Crippen LogP contribution in [0.2, 0.25) is 0 Å². The molecule has 0 radical (unpaired) electrons. The molecule has 3 rings (SSSR count). The molecule has 1 unspecified atom stereocenters. The number of rotatable bonds is 2. The number of hydrogen-bond donors (Lipinski definition) is 1. The van der Waals surface area contributed by atoms with E-state index >= 15 is 0 Å². The van der Waals surface area contributed by atoms with Gasteiger partial charge in [-0.3, -0.25) is 4.68 Å². The van der Waals surface area contributed by atoms with Crippen molar-refractivity contribution in [3.8, 4) is 0 Å². The van der Waals surface area contributed by atoms with Crippen molar-refractivity contribution in [3.05, 3.63) is 10.7 Å². The first-order chi connectivity index (χ1) is 8.17. The molecule has 0 amide bonds. The van der Waals surface area contributed by atoms with Crippen molar-refractivity contribution < 1.29 is 4.74 Å². The van der Waals surface area contributed by atoms with Gasteiger partial charge in [-0.05, 0) is 41.6 Å². The first-order valence-electron chi connectivity index (χ1n) is 6.33. The fraction of sp³-hybridized carbons (Fsp3) is 0.750. The summed E-state index contributed by atoms with van der Waals surface area (Å²) in [6.07, 6.45) is 9.74. The molecule has 1 atom stereocenters. The maximum absolute atomic E-state index is 6.25. The van der Waals surface area contributed by atoms with Crippen LogP contribution in [0.3, 0.4) is 0 Å². The number of anilines is 1. The summed E-state index contributed by atoms with van der Waals surface area (Å²) < 4.78 is 9.00. The van der Waals surface area contributed by atoms with E-state index in [1.165, 1.54) is 32.1 Å². The van der Waals surface area contributed by atoms with Gasteiger partial charge in [0.1, 0.15) is 0 Å². The number of nitrogens with zero attached hydrogens (tertiary/aromatic N) is 2. The average molecular weight is 300 g/mol. The summed E-state index contributed by atoms with van der Waals surface area (Å²) in [7, 11) is 0. The Hall–Kier alpha value is -0.550. The molecule has 1 aliphatic heterocycles. The highest BCUT2D eigenvalue weighted by Gasteiger charge is 2.42. The molecule has 1 aromatic heterocycles. The van der Waals surface area contributed by atoms with Gasteiger partial charge < -0.3 is 10.5 Å². The van der Waals surface area contributed by atoms with Gasteiger partial charge in [-0.1, -0.05) is 12.8 Å². The highest BCUT2D eigenvalue weighted by atomic mass is 79.9. The van der Waals surface area contributed by atoms with Gasteiger partial charge >= 0.3 is 0 Å². The van der Waals surface area contributed by atoms with Gasteiger partial charge in [-0.25, -0.2) is 0 Å². The fourth-order valence-electron chi connectivity index (χ4n) is 3.13. The van der Waals surface area contributed by atoms with Crippen LogP contribution in [0.4, 0.5) is 5.82 Å². The topological polar surface area (TPSA) is 53.1 Å². The number of hydrogen-bond acceptors (Lipinski definition) is 3. The number of ether oxygens (including phenoxy) is 1. The second-order valence-electron chi connectivity index (χ2n) is 5.25. The Kier molecular flexibility index (Phi) is 2.91. The predicted molar refractivity (Wildman–Crippen MR) is 69.6 cm³/mol. The molecule has 4 nitrogen and oxygen atoms in total. The second-order valence-corrected chi connectivity index (χ2v) is 6.11. The van der Waals surface area contributed by atoms with E-state index in [1.807, 2.05) is 10.9 Å². The summed E-state index contributed by atoms with van der Waals surface area (Å²) in [5, 5.41) is 4.26. The minimum atomic E-state index is 0.209. The van der Waals surface area contributed by atoms with Crippen molar-refractivity contribution >= 4 is 21.7 Å². The molecule has 2 aliphatic rings. The van der Waals surface area contributed by atoms with E-state index in [1.54, 1.807) is 0 Å². The van der Waals surface area contributed by atoms with Crippen LogP contribution < -0.4 is 5.73 Å². The Bertz CT molecular complexity index is 392. The molecule has 2 heterocycles. The van der Waals surface area contributed by atoms with Gasteiger partial charge in [0, 0.05) is 6.20 Å². The lowest BCUT2D eigenvalue weighted by atomic mass is 9.98. The molecule has 0 bridgehead atoms. The molecule has 1 saturated carbocycles. The third-order valence-corrected chi connectivity index (χ3v) is 4.60. The highest BCUT2D eigenvalue weighted by molar-refractivity contribution is 9.10. The molecule has 1 spiro atoms. The van der Waals surface area contributed by atoms with Gasteiger partial charge in [0.15, 0.2) is 5.82 Å².